The number of halogens is 1. The first-order chi connectivity index (χ1) is 9.76. The van der Waals surface area contributed by atoms with Crippen LogP contribution in [0.4, 0.5) is 5.82 Å². The van der Waals surface area contributed by atoms with Gasteiger partial charge in [0.25, 0.3) is 0 Å². The number of hydrogen-bond acceptors (Lipinski definition) is 5. The molecule has 0 N–H and O–H groups in total. The monoisotopic (exact) mass is 342 g/mol. The van der Waals surface area contributed by atoms with E-state index in [4.69, 9.17) is 4.74 Å². The van der Waals surface area contributed by atoms with Crippen LogP contribution in [-0.4, -0.2) is 59.5 Å². The predicted molar refractivity (Wildman–Crippen MR) is 85.0 cm³/mol. The van der Waals surface area contributed by atoms with Gasteiger partial charge >= 0.3 is 0 Å². The van der Waals surface area contributed by atoms with Gasteiger partial charge in [-0.25, -0.2) is 9.97 Å². The second kappa shape index (κ2) is 7.78. The molecule has 0 aromatic carbocycles. The van der Waals surface area contributed by atoms with E-state index in [1.807, 2.05) is 13.8 Å². The zero-order valence-electron chi connectivity index (χ0n) is 12.3. The van der Waals surface area contributed by atoms with Gasteiger partial charge in [-0.2, -0.15) is 0 Å². The molecule has 0 spiro atoms. The fraction of sp³-hybridized carbons (Fsp3) is 0.714. The van der Waals surface area contributed by atoms with E-state index in [0.717, 1.165) is 49.4 Å². The molecule has 20 heavy (non-hydrogen) atoms. The van der Waals surface area contributed by atoms with Crippen LogP contribution in [0.2, 0.25) is 0 Å². The third kappa shape index (κ3) is 3.82. The Morgan fingerprint density at radius 1 is 1.25 bits per heavy atom. The molecule has 112 valence electrons. The van der Waals surface area contributed by atoms with Crippen LogP contribution in [0.3, 0.4) is 0 Å². The first-order valence-electron chi connectivity index (χ1n) is 7.24. The molecule has 1 aliphatic rings. The molecule has 1 saturated heterocycles. The number of ether oxygens (including phenoxy) is 1. The quantitative estimate of drug-likeness (QED) is 0.766. The number of nitrogens with zero attached hydrogens (tertiary/aromatic N) is 4. The maximum Gasteiger partial charge on any atom is 0.221 e. The Labute approximate surface area is 129 Å². The van der Waals surface area contributed by atoms with Crippen molar-refractivity contribution in [3.8, 4) is 5.88 Å². The molecular weight excluding hydrogens is 320 g/mol. The summed E-state index contributed by atoms with van der Waals surface area (Å²) in [6.07, 6.45) is 2.77. The van der Waals surface area contributed by atoms with Gasteiger partial charge in [0.15, 0.2) is 0 Å². The van der Waals surface area contributed by atoms with Crippen LogP contribution in [-0.2, 0) is 0 Å². The maximum absolute atomic E-state index is 5.56. The molecule has 0 atom stereocenters. The van der Waals surface area contributed by atoms with E-state index < -0.39 is 0 Å². The number of anilines is 1. The summed E-state index contributed by atoms with van der Waals surface area (Å²) in [4.78, 5) is 13.5. The first kappa shape index (κ1) is 15.5. The number of hydrogen-bond donors (Lipinski definition) is 0. The number of rotatable bonds is 5. The van der Waals surface area contributed by atoms with Gasteiger partial charge < -0.3 is 14.5 Å². The van der Waals surface area contributed by atoms with Crippen LogP contribution >= 0.6 is 15.9 Å². The van der Waals surface area contributed by atoms with Gasteiger partial charge in [0.2, 0.25) is 5.88 Å². The summed E-state index contributed by atoms with van der Waals surface area (Å²) < 4.78 is 5.56. The minimum Gasteiger partial charge on any atom is -0.478 e. The van der Waals surface area contributed by atoms with Crippen molar-refractivity contribution < 1.29 is 4.74 Å². The topological polar surface area (TPSA) is 41.5 Å². The van der Waals surface area contributed by atoms with Crippen LogP contribution in [0.5, 0.6) is 5.88 Å². The van der Waals surface area contributed by atoms with Crippen LogP contribution in [0.15, 0.2) is 6.33 Å². The molecule has 0 saturated carbocycles. The SMILES string of the molecule is CCOc1ncnc(N2CCCN(CCBr)CC2)c1C. The summed E-state index contributed by atoms with van der Waals surface area (Å²) in [5, 5.41) is 1.04. The molecule has 1 aromatic heterocycles. The van der Waals surface area contributed by atoms with Crippen molar-refractivity contribution in [1.29, 1.82) is 0 Å². The fourth-order valence-electron chi connectivity index (χ4n) is 2.55. The van der Waals surface area contributed by atoms with Crippen LogP contribution < -0.4 is 9.64 Å². The van der Waals surface area contributed by atoms with Gasteiger partial charge in [-0.15, -0.1) is 0 Å². The van der Waals surface area contributed by atoms with Crippen molar-refractivity contribution in [2.75, 3.05) is 49.6 Å². The lowest BCUT2D eigenvalue weighted by atomic mass is 10.3. The van der Waals surface area contributed by atoms with Crippen LogP contribution in [0, 0.1) is 6.92 Å². The molecule has 2 heterocycles. The van der Waals surface area contributed by atoms with Gasteiger partial charge in [-0.1, -0.05) is 15.9 Å². The van der Waals surface area contributed by atoms with E-state index in [0.29, 0.717) is 12.5 Å². The van der Waals surface area contributed by atoms with E-state index in [2.05, 4.69) is 35.7 Å². The Kier molecular flexibility index (Phi) is 6.04. The minimum atomic E-state index is 0.635. The standard InChI is InChI=1S/C14H23BrN4O/c1-3-20-14-12(2)13(16-11-17-14)19-7-4-6-18(8-5-15)9-10-19/h11H,3-10H2,1-2H3. The maximum atomic E-state index is 5.56. The third-order valence-electron chi connectivity index (χ3n) is 3.58. The molecular formula is C14H23BrN4O. The highest BCUT2D eigenvalue weighted by Crippen LogP contribution is 2.24. The van der Waals surface area contributed by atoms with Gasteiger partial charge in [0, 0.05) is 31.5 Å². The zero-order chi connectivity index (χ0) is 14.4. The lowest BCUT2D eigenvalue weighted by Crippen LogP contribution is -2.32. The number of aromatic nitrogens is 2. The molecule has 0 aliphatic carbocycles. The molecule has 0 amide bonds. The van der Waals surface area contributed by atoms with Crippen LogP contribution in [0.1, 0.15) is 18.9 Å². The first-order valence-corrected chi connectivity index (χ1v) is 8.36. The molecule has 6 heteroatoms. The summed E-state index contributed by atoms with van der Waals surface area (Å²) >= 11 is 3.52. The average Bonchev–Trinajstić information content (AvgIpc) is 2.68. The summed E-state index contributed by atoms with van der Waals surface area (Å²) in [5.74, 6) is 1.73. The number of alkyl halides is 1. The zero-order valence-corrected chi connectivity index (χ0v) is 13.9. The summed E-state index contributed by atoms with van der Waals surface area (Å²) in [6.45, 7) is 10.1. The molecule has 1 fully saturated rings. The normalized spacial score (nSPS) is 17.1. The van der Waals surface area contributed by atoms with Gasteiger partial charge in [0.1, 0.15) is 12.1 Å². The second-order valence-corrected chi connectivity index (χ2v) is 5.72. The molecule has 0 radical (unpaired) electrons. The molecule has 2 rings (SSSR count). The van der Waals surface area contributed by atoms with Crippen molar-refractivity contribution in [3.63, 3.8) is 0 Å². The van der Waals surface area contributed by atoms with Gasteiger partial charge in [0.05, 0.1) is 12.2 Å². The fourth-order valence-corrected chi connectivity index (χ4v) is 3.05. The Hall–Kier alpha value is -0.880. The Morgan fingerprint density at radius 3 is 2.85 bits per heavy atom. The van der Waals surface area contributed by atoms with E-state index in [1.54, 1.807) is 6.33 Å². The van der Waals surface area contributed by atoms with Gasteiger partial charge in [-0.05, 0) is 26.8 Å². The van der Waals surface area contributed by atoms with E-state index in [-0.39, 0.29) is 0 Å². The molecule has 0 unspecified atom stereocenters. The van der Waals surface area contributed by atoms with E-state index in [9.17, 15) is 0 Å². The van der Waals surface area contributed by atoms with Crippen molar-refractivity contribution in [3.05, 3.63) is 11.9 Å². The highest BCUT2D eigenvalue weighted by molar-refractivity contribution is 9.09. The lowest BCUT2D eigenvalue weighted by molar-refractivity contribution is 0.313. The van der Waals surface area contributed by atoms with Crippen molar-refractivity contribution in [2.45, 2.75) is 20.3 Å². The highest BCUT2D eigenvalue weighted by atomic mass is 79.9. The summed E-state index contributed by atoms with van der Waals surface area (Å²) in [6, 6.07) is 0. The summed E-state index contributed by atoms with van der Waals surface area (Å²) in [5.41, 5.74) is 1.04. The third-order valence-corrected chi connectivity index (χ3v) is 3.94. The molecule has 5 nitrogen and oxygen atoms in total. The smallest absolute Gasteiger partial charge is 0.221 e. The molecule has 1 aromatic rings. The minimum absolute atomic E-state index is 0.635. The second-order valence-electron chi connectivity index (χ2n) is 4.93. The van der Waals surface area contributed by atoms with Crippen LogP contribution in [0.25, 0.3) is 0 Å². The average molecular weight is 343 g/mol. The molecule has 0 bridgehead atoms. The molecule has 1 aliphatic heterocycles. The van der Waals surface area contributed by atoms with Crippen molar-refractivity contribution >= 4 is 21.7 Å². The van der Waals surface area contributed by atoms with Crippen molar-refractivity contribution in [2.24, 2.45) is 0 Å². The lowest BCUT2D eigenvalue weighted by Gasteiger charge is -2.24. The van der Waals surface area contributed by atoms with E-state index >= 15 is 0 Å². The Morgan fingerprint density at radius 2 is 2.10 bits per heavy atom. The van der Waals surface area contributed by atoms with E-state index in [1.165, 1.54) is 6.42 Å². The highest BCUT2D eigenvalue weighted by Gasteiger charge is 2.19. The predicted octanol–water partition coefficient (Wildman–Crippen LogP) is 2.09. The summed E-state index contributed by atoms with van der Waals surface area (Å²) in [7, 11) is 0. The van der Waals surface area contributed by atoms with Gasteiger partial charge in [-0.3, -0.25) is 0 Å². The van der Waals surface area contributed by atoms with Crippen molar-refractivity contribution in [1.82, 2.24) is 14.9 Å². The Bertz CT molecular complexity index is 430. The largest absolute Gasteiger partial charge is 0.478 e. The Balaban J connectivity index is 2.09.